The zero-order valence-corrected chi connectivity index (χ0v) is 12.3. The van der Waals surface area contributed by atoms with Gasteiger partial charge in [-0.15, -0.1) is 0 Å². The lowest BCUT2D eigenvalue weighted by Gasteiger charge is -2.27. The summed E-state index contributed by atoms with van der Waals surface area (Å²) in [5.74, 6) is -0.873. The van der Waals surface area contributed by atoms with Crippen molar-refractivity contribution in [2.75, 3.05) is 20.3 Å². The van der Waals surface area contributed by atoms with Gasteiger partial charge in [0.15, 0.2) is 0 Å². The van der Waals surface area contributed by atoms with E-state index in [0.717, 1.165) is 6.42 Å². The summed E-state index contributed by atoms with van der Waals surface area (Å²) in [5.41, 5.74) is -0.889. The Bertz CT molecular complexity index is 290. The summed E-state index contributed by atoms with van der Waals surface area (Å²) in [6.45, 7) is 6.15. The van der Waals surface area contributed by atoms with Crippen molar-refractivity contribution in [2.45, 2.75) is 46.1 Å². The third-order valence-corrected chi connectivity index (χ3v) is 3.59. The number of hydrogen-bond acceptors (Lipinski definition) is 3. The van der Waals surface area contributed by atoms with Gasteiger partial charge in [0, 0.05) is 13.7 Å². The van der Waals surface area contributed by atoms with Gasteiger partial charge in [-0.1, -0.05) is 20.8 Å². The van der Waals surface area contributed by atoms with Crippen molar-refractivity contribution in [1.82, 2.24) is 10.6 Å². The maximum Gasteiger partial charge on any atom is 0.315 e. The standard InChI is InChI=1S/C13H26N2O4/c1-5-10(8-19-4)15-12(18)14-9-13(6-2,7-3)11(16)17/h10H,5-9H2,1-4H3,(H,16,17)(H2,14,15,18). The van der Waals surface area contributed by atoms with E-state index in [9.17, 15) is 14.7 Å². The number of carbonyl (C=O) groups is 2. The summed E-state index contributed by atoms with van der Waals surface area (Å²) < 4.78 is 4.99. The molecule has 0 aliphatic heterocycles. The number of nitrogens with one attached hydrogen (secondary N) is 2. The van der Waals surface area contributed by atoms with Crippen LogP contribution in [0.1, 0.15) is 40.0 Å². The maximum atomic E-state index is 11.7. The van der Waals surface area contributed by atoms with Crippen LogP contribution < -0.4 is 10.6 Å². The minimum absolute atomic E-state index is 0.0625. The molecular weight excluding hydrogens is 248 g/mol. The summed E-state index contributed by atoms with van der Waals surface area (Å²) >= 11 is 0. The van der Waals surface area contributed by atoms with Gasteiger partial charge >= 0.3 is 12.0 Å². The molecular formula is C13H26N2O4. The third kappa shape index (κ3) is 5.46. The minimum atomic E-state index is -0.889. The molecule has 2 amide bonds. The van der Waals surface area contributed by atoms with E-state index >= 15 is 0 Å². The van der Waals surface area contributed by atoms with E-state index < -0.39 is 11.4 Å². The molecule has 1 unspecified atom stereocenters. The first-order valence-electron chi connectivity index (χ1n) is 6.72. The van der Waals surface area contributed by atoms with E-state index in [1.54, 1.807) is 7.11 Å². The summed E-state index contributed by atoms with van der Waals surface area (Å²) in [6, 6.07) is -0.413. The number of carbonyl (C=O) groups excluding carboxylic acids is 1. The van der Waals surface area contributed by atoms with Crippen LogP contribution in [0.2, 0.25) is 0 Å². The van der Waals surface area contributed by atoms with Crippen LogP contribution in [0.15, 0.2) is 0 Å². The molecule has 0 bridgehead atoms. The first-order chi connectivity index (χ1) is 8.95. The van der Waals surface area contributed by atoms with Gasteiger partial charge in [-0.3, -0.25) is 4.79 Å². The Balaban J connectivity index is 4.37. The first kappa shape index (κ1) is 17.7. The minimum Gasteiger partial charge on any atom is -0.481 e. The second-order valence-electron chi connectivity index (χ2n) is 4.68. The Morgan fingerprint density at radius 1 is 1.26 bits per heavy atom. The number of amides is 2. The largest absolute Gasteiger partial charge is 0.481 e. The zero-order valence-electron chi connectivity index (χ0n) is 12.3. The van der Waals surface area contributed by atoms with E-state index in [2.05, 4.69) is 10.6 Å². The van der Waals surface area contributed by atoms with Gasteiger partial charge in [-0.05, 0) is 19.3 Å². The molecule has 3 N–H and O–H groups in total. The normalized spacial score (nSPS) is 12.8. The Labute approximate surface area is 114 Å². The smallest absolute Gasteiger partial charge is 0.315 e. The van der Waals surface area contributed by atoms with Gasteiger partial charge in [-0.2, -0.15) is 0 Å². The number of hydrogen-bond donors (Lipinski definition) is 3. The van der Waals surface area contributed by atoms with Crippen molar-refractivity contribution < 1.29 is 19.4 Å². The third-order valence-electron chi connectivity index (χ3n) is 3.59. The van der Waals surface area contributed by atoms with Gasteiger partial charge in [0.1, 0.15) is 0 Å². The van der Waals surface area contributed by atoms with Gasteiger partial charge in [-0.25, -0.2) is 4.79 Å². The van der Waals surface area contributed by atoms with Gasteiger partial charge in [0.2, 0.25) is 0 Å². The lowest BCUT2D eigenvalue weighted by atomic mass is 9.82. The quantitative estimate of drug-likeness (QED) is 0.596. The number of urea groups is 1. The zero-order chi connectivity index (χ0) is 14.9. The molecule has 6 nitrogen and oxygen atoms in total. The van der Waals surface area contributed by atoms with Crippen LogP contribution in [-0.2, 0) is 9.53 Å². The number of carboxylic acid groups (broad SMARTS) is 1. The van der Waals surface area contributed by atoms with Gasteiger partial charge < -0.3 is 20.5 Å². The van der Waals surface area contributed by atoms with Crippen molar-refractivity contribution in [3.63, 3.8) is 0 Å². The molecule has 0 rings (SSSR count). The molecule has 19 heavy (non-hydrogen) atoms. The highest BCUT2D eigenvalue weighted by atomic mass is 16.5. The summed E-state index contributed by atoms with van der Waals surface area (Å²) in [4.78, 5) is 23.0. The fourth-order valence-corrected chi connectivity index (χ4v) is 1.83. The average Bonchev–Trinajstić information content (AvgIpc) is 2.39. The Morgan fingerprint density at radius 3 is 2.21 bits per heavy atom. The number of methoxy groups -OCH3 is 1. The molecule has 0 radical (unpaired) electrons. The van der Waals surface area contributed by atoms with Crippen molar-refractivity contribution in [3.05, 3.63) is 0 Å². The number of carboxylic acids is 1. The molecule has 0 fully saturated rings. The lowest BCUT2D eigenvalue weighted by molar-refractivity contribution is -0.149. The second-order valence-corrected chi connectivity index (χ2v) is 4.68. The van der Waals surface area contributed by atoms with Crippen LogP contribution in [-0.4, -0.2) is 43.4 Å². The topological polar surface area (TPSA) is 87.7 Å². The van der Waals surface area contributed by atoms with Crippen molar-refractivity contribution in [1.29, 1.82) is 0 Å². The van der Waals surface area contributed by atoms with Gasteiger partial charge in [0.05, 0.1) is 18.1 Å². The molecule has 6 heteroatoms. The first-order valence-corrected chi connectivity index (χ1v) is 6.72. The molecule has 112 valence electrons. The van der Waals surface area contributed by atoms with Crippen LogP contribution in [0.4, 0.5) is 4.79 Å². The SMILES string of the molecule is CCC(COC)NC(=O)NCC(CC)(CC)C(=O)O. The van der Waals surface area contributed by atoms with Crippen molar-refractivity contribution in [2.24, 2.45) is 5.41 Å². The highest BCUT2D eigenvalue weighted by Crippen LogP contribution is 2.25. The van der Waals surface area contributed by atoms with E-state index in [-0.39, 0.29) is 18.6 Å². The predicted molar refractivity (Wildman–Crippen MR) is 73.1 cm³/mol. The van der Waals surface area contributed by atoms with Crippen molar-refractivity contribution >= 4 is 12.0 Å². The molecule has 0 aromatic carbocycles. The highest BCUT2D eigenvalue weighted by molar-refractivity contribution is 5.78. The van der Waals surface area contributed by atoms with Crippen LogP contribution in [0.25, 0.3) is 0 Å². The van der Waals surface area contributed by atoms with Gasteiger partial charge in [0.25, 0.3) is 0 Å². The Morgan fingerprint density at radius 2 is 1.84 bits per heavy atom. The molecule has 0 aliphatic carbocycles. The molecule has 0 aliphatic rings. The molecule has 0 aromatic heterocycles. The fraction of sp³-hybridized carbons (Fsp3) is 0.846. The number of aliphatic carboxylic acids is 1. The second kappa shape index (κ2) is 8.74. The van der Waals surface area contributed by atoms with E-state index in [4.69, 9.17) is 4.74 Å². The predicted octanol–water partition coefficient (Wildman–Crippen LogP) is 1.60. The highest BCUT2D eigenvalue weighted by Gasteiger charge is 2.35. The van der Waals surface area contributed by atoms with E-state index in [1.165, 1.54) is 0 Å². The summed E-state index contributed by atoms with van der Waals surface area (Å²) in [7, 11) is 1.58. The molecule has 0 heterocycles. The summed E-state index contributed by atoms with van der Waals surface area (Å²) in [5, 5.41) is 14.7. The van der Waals surface area contributed by atoms with Crippen LogP contribution in [0, 0.1) is 5.41 Å². The average molecular weight is 274 g/mol. The molecule has 0 saturated heterocycles. The number of ether oxygens (including phenoxy) is 1. The molecule has 0 aromatic rings. The lowest BCUT2D eigenvalue weighted by Crippen LogP contribution is -2.49. The number of rotatable bonds is 9. The monoisotopic (exact) mass is 274 g/mol. The van der Waals surface area contributed by atoms with Crippen LogP contribution >= 0.6 is 0 Å². The van der Waals surface area contributed by atoms with Crippen LogP contribution in [0.3, 0.4) is 0 Å². The molecule has 0 saturated carbocycles. The molecule has 1 atom stereocenters. The van der Waals surface area contributed by atoms with Crippen LogP contribution in [0.5, 0.6) is 0 Å². The Kier molecular flexibility index (Phi) is 8.14. The maximum absolute atomic E-state index is 11.7. The van der Waals surface area contributed by atoms with E-state index in [0.29, 0.717) is 19.4 Å². The Hall–Kier alpha value is -1.30. The van der Waals surface area contributed by atoms with Crippen molar-refractivity contribution in [3.8, 4) is 0 Å². The molecule has 0 spiro atoms. The summed E-state index contributed by atoms with van der Waals surface area (Å²) in [6.07, 6.45) is 1.72. The fourth-order valence-electron chi connectivity index (χ4n) is 1.83. The van der Waals surface area contributed by atoms with E-state index in [1.807, 2.05) is 20.8 Å².